The van der Waals surface area contributed by atoms with Crippen LogP contribution in [0.1, 0.15) is 32.4 Å². The Labute approximate surface area is 112 Å². The van der Waals surface area contributed by atoms with Gasteiger partial charge in [0.2, 0.25) is 0 Å². The predicted octanol–water partition coefficient (Wildman–Crippen LogP) is 1.76. The van der Waals surface area contributed by atoms with Gasteiger partial charge in [0.25, 0.3) is 0 Å². The van der Waals surface area contributed by atoms with E-state index in [2.05, 4.69) is 10.6 Å². The van der Waals surface area contributed by atoms with Crippen molar-refractivity contribution in [3.63, 3.8) is 0 Å². The van der Waals surface area contributed by atoms with E-state index >= 15 is 0 Å². The number of carboxylic acids is 1. The molecule has 0 radical (unpaired) electrons. The molecular weight excluding hydrogens is 248 g/mol. The molecule has 0 fully saturated rings. The summed E-state index contributed by atoms with van der Waals surface area (Å²) in [7, 11) is 0. The molecule has 0 saturated carbocycles. The number of amides is 2. The molecule has 1 unspecified atom stereocenters. The van der Waals surface area contributed by atoms with Gasteiger partial charge in [0.15, 0.2) is 0 Å². The third-order valence-electron chi connectivity index (χ3n) is 2.85. The van der Waals surface area contributed by atoms with E-state index in [4.69, 9.17) is 9.52 Å². The van der Waals surface area contributed by atoms with E-state index in [1.807, 2.05) is 13.0 Å². The first-order chi connectivity index (χ1) is 8.98. The van der Waals surface area contributed by atoms with Crippen molar-refractivity contribution in [2.75, 3.05) is 6.54 Å². The molecule has 19 heavy (non-hydrogen) atoms. The number of rotatable bonds is 7. The maximum atomic E-state index is 11.7. The van der Waals surface area contributed by atoms with E-state index in [-0.39, 0.29) is 0 Å². The van der Waals surface area contributed by atoms with Crippen molar-refractivity contribution in [2.24, 2.45) is 0 Å². The Kier molecular flexibility index (Phi) is 5.41. The molecule has 1 aromatic rings. The average molecular weight is 268 g/mol. The normalized spacial score (nSPS) is 13.6. The predicted molar refractivity (Wildman–Crippen MR) is 69.9 cm³/mol. The van der Waals surface area contributed by atoms with Gasteiger partial charge in [-0.05, 0) is 25.5 Å². The topological polar surface area (TPSA) is 91.6 Å². The first-order valence-corrected chi connectivity index (χ1v) is 6.29. The van der Waals surface area contributed by atoms with Gasteiger partial charge in [-0.3, -0.25) is 0 Å². The zero-order valence-electron chi connectivity index (χ0n) is 11.2. The first kappa shape index (κ1) is 15.1. The van der Waals surface area contributed by atoms with Crippen molar-refractivity contribution in [1.82, 2.24) is 10.6 Å². The number of hydrogen-bond acceptors (Lipinski definition) is 3. The lowest BCUT2D eigenvalue weighted by Gasteiger charge is -2.25. The highest BCUT2D eigenvalue weighted by Gasteiger charge is 2.33. The highest BCUT2D eigenvalue weighted by Crippen LogP contribution is 2.12. The molecule has 0 aliphatic heterocycles. The summed E-state index contributed by atoms with van der Waals surface area (Å²) < 4.78 is 5.13. The van der Waals surface area contributed by atoms with E-state index < -0.39 is 17.5 Å². The standard InChI is InChI=1S/C13H20N2O4/c1-3-7-13(2,11(16)17)15-12(18)14-8-6-10-5-4-9-19-10/h4-5,9H,3,6-8H2,1-2H3,(H,16,17)(H2,14,15,18). The van der Waals surface area contributed by atoms with Crippen molar-refractivity contribution in [3.8, 4) is 0 Å². The van der Waals surface area contributed by atoms with Crippen LogP contribution in [0.15, 0.2) is 22.8 Å². The lowest BCUT2D eigenvalue weighted by atomic mass is 9.97. The largest absolute Gasteiger partial charge is 0.480 e. The van der Waals surface area contributed by atoms with E-state index in [1.165, 1.54) is 6.92 Å². The Balaban J connectivity index is 2.38. The van der Waals surface area contributed by atoms with Crippen LogP contribution in [0, 0.1) is 0 Å². The van der Waals surface area contributed by atoms with Crippen molar-refractivity contribution >= 4 is 12.0 Å². The molecule has 6 nitrogen and oxygen atoms in total. The van der Waals surface area contributed by atoms with Gasteiger partial charge in [0.1, 0.15) is 11.3 Å². The van der Waals surface area contributed by atoms with Crippen LogP contribution in [0.3, 0.4) is 0 Å². The van der Waals surface area contributed by atoms with E-state index in [0.717, 1.165) is 5.76 Å². The minimum Gasteiger partial charge on any atom is -0.480 e. The van der Waals surface area contributed by atoms with Crippen LogP contribution in [0.5, 0.6) is 0 Å². The molecule has 3 N–H and O–H groups in total. The summed E-state index contributed by atoms with van der Waals surface area (Å²) in [6.45, 7) is 3.77. The highest BCUT2D eigenvalue weighted by molar-refractivity contribution is 5.85. The second-order valence-corrected chi connectivity index (χ2v) is 4.60. The maximum Gasteiger partial charge on any atom is 0.329 e. The molecule has 0 bridgehead atoms. The average Bonchev–Trinajstić information content (AvgIpc) is 2.82. The highest BCUT2D eigenvalue weighted by atomic mass is 16.4. The van der Waals surface area contributed by atoms with E-state index in [1.54, 1.807) is 12.3 Å². The number of furan rings is 1. The third-order valence-corrected chi connectivity index (χ3v) is 2.85. The first-order valence-electron chi connectivity index (χ1n) is 6.29. The van der Waals surface area contributed by atoms with Crippen molar-refractivity contribution in [1.29, 1.82) is 0 Å². The lowest BCUT2D eigenvalue weighted by Crippen LogP contribution is -2.55. The summed E-state index contributed by atoms with van der Waals surface area (Å²) in [6, 6.07) is 3.11. The quantitative estimate of drug-likeness (QED) is 0.702. The minimum absolute atomic E-state index is 0.383. The van der Waals surface area contributed by atoms with Crippen molar-refractivity contribution in [3.05, 3.63) is 24.2 Å². The van der Waals surface area contributed by atoms with Gasteiger partial charge >= 0.3 is 12.0 Å². The maximum absolute atomic E-state index is 11.7. The number of nitrogens with one attached hydrogen (secondary N) is 2. The minimum atomic E-state index is -1.23. The molecule has 1 heterocycles. The number of carbonyl (C=O) groups excluding carboxylic acids is 1. The van der Waals surface area contributed by atoms with Gasteiger partial charge < -0.3 is 20.2 Å². The Hall–Kier alpha value is -1.98. The fraction of sp³-hybridized carbons (Fsp3) is 0.538. The number of carboxylic acid groups (broad SMARTS) is 1. The van der Waals surface area contributed by atoms with Crippen LogP contribution >= 0.6 is 0 Å². The van der Waals surface area contributed by atoms with Crippen molar-refractivity contribution < 1.29 is 19.1 Å². The van der Waals surface area contributed by atoms with Gasteiger partial charge in [0.05, 0.1) is 6.26 Å². The number of aliphatic carboxylic acids is 1. The van der Waals surface area contributed by atoms with E-state index in [0.29, 0.717) is 25.8 Å². The second kappa shape index (κ2) is 6.82. The molecule has 0 aliphatic rings. The van der Waals surface area contributed by atoms with Crippen LogP contribution in [0.4, 0.5) is 4.79 Å². The number of carbonyl (C=O) groups is 2. The Morgan fingerprint density at radius 3 is 2.74 bits per heavy atom. The van der Waals surface area contributed by atoms with Crippen LogP contribution in [-0.4, -0.2) is 29.2 Å². The van der Waals surface area contributed by atoms with Crippen LogP contribution in [0.2, 0.25) is 0 Å². The summed E-state index contributed by atoms with van der Waals surface area (Å²) in [5, 5.41) is 14.2. The van der Waals surface area contributed by atoms with Gasteiger partial charge in [-0.2, -0.15) is 0 Å². The molecule has 6 heteroatoms. The molecule has 0 spiro atoms. The summed E-state index contributed by atoms with van der Waals surface area (Å²) in [6.07, 6.45) is 3.19. The molecule has 2 amide bonds. The molecule has 106 valence electrons. The summed E-state index contributed by atoms with van der Waals surface area (Å²) in [4.78, 5) is 22.8. The smallest absolute Gasteiger partial charge is 0.329 e. The molecule has 0 saturated heterocycles. The molecule has 1 rings (SSSR count). The lowest BCUT2D eigenvalue weighted by molar-refractivity contribution is -0.144. The SMILES string of the molecule is CCCC(C)(NC(=O)NCCc1ccco1)C(=O)O. The fourth-order valence-electron chi connectivity index (χ4n) is 1.77. The van der Waals surface area contributed by atoms with Gasteiger partial charge in [-0.25, -0.2) is 9.59 Å². The zero-order chi connectivity index (χ0) is 14.3. The Bertz CT molecular complexity index is 416. The monoisotopic (exact) mass is 268 g/mol. The molecular formula is C13H20N2O4. The van der Waals surface area contributed by atoms with Crippen LogP contribution in [-0.2, 0) is 11.2 Å². The molecule has 1 aromatic heterocycles. The van der Waals surface area contributed by atoms with Gasteiger partial charge in [-0.1, -0.05) is 13.3 Å². The summed E-state index contributed by atoms with van der Waals surface area (Å²) in [5.41, 5.74) is -1.23. The van der Waals surface area contributed by atoms with Crippen LogP contribution < -0.4 is 10.6 Å². The van der Waals surface area contributed by atoms with E-state index in [9.17, 15) is 9.59 Å². The third kappa shape index (κ3) is 4.65. The summed E-state index contributed by atoms with van der Waals surface area (Å²) >= 11 is 0. The number of urea groups is 1. The van der Waals surface area contributed by atoms with Crippen LogP contribution in [0.25, 0.3) is 0 Å². The fourth-order valence-corrected chi connectivity index (χ4v) is 1.77. The summed E-state index contributed by atoms with van der Waals surface area (Å²) in [5.74, 6) is -0.259. The molecule has 0 aromatic carbocycles. The van der Waals surface area contributed by atoms with Crippen molar-refractivity contribution in [2.45, 2.75) is 38.6 Å². The molecule has 0 aliphatic carbocycles. The van der Waals surface area contributed by atoms with Gasteiger partial charge in [0, 0.05) is 13.0 Å². The molecule has 1 atom stereocenters. The van der Waals surface area contributed by atoms with Gasteiger partial charge in [-0.15, -0.1) is 0 Å². The zero-order valence-corrected chi connectivity index (χ0v) is 11.2. The Morgan fingerprint density at radius 2 is 2.21 bits per heavy atom. The second-order valence-electron chi connectivity index (χ2n) is 4.60. The number of hydrogen-bond donors (Lipinski definition) is 3. The Morgan fingerprint density at radius 1 is 1.47 bits per heavy atom.